The predicted molar refractivity (Wildman–Crippen MR) is 119 cm³/mol. The fourth-order valence-electron chi connectivity index (χ4n) is 3.57. The highest BCUT2D eigenvalue weighted by Crippen LogP contribution is 2.26. The molecule has 0 amide bonds. The normalized spacial score (nSPS) is 17.4. The van der Waals surface area contributed by atoms with Gasteiger partial charge in [-0.1, -0.05) is 35.9 Å². The lowest BCUT2D eigenvalue weighted by atomic mass is 9.99. The molecule has 0 aliphatic carbocycles. The minimum Gasteiger partial charge on any atom is -0.348 e. The Kier molecular flexibility index (Phi) is 6.20. The molecule has 1 unspecified atom stereocenters. The van der Waals surface area contributed by atoms with Crippen molar-refractivity contribution >= 4 is 38.1 Å². The summed E-state index contributed by atoms with van der Waals surface area (Å²) in [4.78, 5) is 6.89. The molecular formula is C21H22ClN3O2S2. The number of rotatable bonds is 6. The van der Waals surface area contributed by atoms with Gasteiger partial charge in [0.05, 0.1) is 4.90 Å². The van der Waals surface area contributed by atoms with E-state index in [9.17, 15) is 8.42 Å². The van der Waals surface area contributed by atoms with Gasteiger partial charge in [-0.3, -0.25) is 0 Å². The summed E-state index contributed by atoms with van der Waals surface area (Å²) in [7, 11) is -3.58. The first-order valence-electron chi connectivity index (χ1n) is 9.51. The van der Waals surface area contributed by atoms with Crippen LogP contribution in [0.15, 0.2) is 65.0 Å². The minimum atomic E-state index is -3.58. The second-order valence-corrected chi connectivity index (χ2v) is 10.2. The van der Waals surface area contributed by atoms with Gasteiger partial charge >= 0.3 is 0 Å². The van der Waals surface area contributed by atoms with Crippen molar-refractivity contribution in [2.75, 3.05) is 24.5 Å². The van der Waals surface area contributed by atoms with Crippen LogP contribution in [0.3, 0.4) is 0 Å². The summed E-state index contributed by atoms with van der Waals surface area (Å²) in [5.74, 6) is 0.266. The average molecular weight is 448 g/mol. The summed E-state index contributed by atoms with van der Waals surface area (Å²) >= 11 is 7.57. The van der Waals surface area contributed by atoms with Gasteiger partial charge in [-0.05, 0) is 54.2 Å². The van der Waals surface area contributed by atoms with Gasteiger partial charge in [0.25, 0.3) is 0 Å². The first-order valence-corrected chi connectivity index (χ1v) is 12.3. The number of sulfonamides is 1. The molecule has 2 aromatic carbocycles. The molecule has 0 radical (unpaired) electrons. The average Bonchev–Trinajstić information content (AvgIpc) is 3.28. The van der Waals surface area contributed by atoms with Gasteiger partial charge in [-0.15, -0.1) is 11.3 Å². The van der Waals surface area contributed by atoms with Gasteiger partial charge in [-0.25, -0.2) is 18.1 Å². The molecule has 29 heavy (non-hydrogen) atoms. The first-order chi connectivity index (χ1) is 14.0. The summed E-state index contributed by atoms with van der Waals surface area (Å²) in [5.41, 5.74) is 1.77. The van der Waals surface area contributed by atoms with E-state index in [1.54, 1.807) is 47.9 Å². The van der Waals surface area contributed by atoms with Crippen molar-refractivity contribution in [3.63, 3.8) is 0 Å². The Labute approximate surface area is 180 Å². The Bertz CT molecular complexity index is 1050. The molecule has 1 atom stereocenters. The zero-order chi connectivity index (χ0) is 20.3. The van der Waals surface area contributed by atoms with Crippen molar-refractivity contribution in [3.05, 3.63) is 65.1 Å². The molecule has 1 aromatic heterocycles. The molecule has 3 aromatic rings. The van der Waals surface area contributed by atoms with E-state index in [-0.39, 0.29) is 10.8 Å². The maximum atomic E-state index is 12.9. The number of hydrogen-bond donors (Lipinski definition) is 1. The summed E-state index contributed by atoms with van der Waals surface area (Å²) in [6.45, 7) is 2.22. The molecule has 2 heterocycles. The predicted octanol–water partition coefficient (Wildman–Crippen LogP) is 4.66. The van der Waals surface area contributed by atoms with E-state index in [0.717, 1.165) is 42.2 Å². The lowest BCUT2D eigenvalue weighted by Crippen LogP contribution is -2.41. The number of hydrogen-bond acceptors (Lipinski definition) is 5. The molecule has 4 rings (SSSR count). The van der Waals surface area contributed by atoms with E-state index in [4.69, 9.17) is 11.6 Å². The zero-order valence-electron chi connectivity index (χ0n) is 15.8. The Morgan fingerprint density at radius 2 is 2.00 bits per heavy atom. The highest BCUT2D eigenvalue weighted by atomic mass is 35.5. The second-order valence-electron chi connectivity index (χ2n) is 7.16. The Morgan fingerprint density at radius 3 is 2.76 bits per heavy atom. The van der Waals surface area contributed by atoms with Crippen molar-refractivity contribution in [2.45, 2.75) is 17.7 Å². The maximum Gasteiger partial charge on any atom is 0.240 e. The van der Waals surface area contributed by atoms with Crippen LogP contribution >= 0.6 is 22.9 Å². The molecule has 0 saturated carbocycles. The first kappa shape index (κ1) is 20.3. The van der Waals surface area contributed by atoms with Crippen LogP contribution in [0.25, 0.3) is 11.1 Å². The van der Waals surface area contributed by atoms with Crippen molar-refractivity contribution in [1.82, 2.24) is 9.71 Å². The molecule has 1 saturated heterocycles. The van der Waals surface area contributed by atoms with Gasteiger partial charge < -0.3 is 4.90 Å². The van der Waals surface area contributed by atoms with Crippen LogP contribution in [-0.4, -0.2) is 33.0 Å². The number of nitrogens with zero attached hydrogens (tertiary/aromatic N) is 2. The van der Waals surface area contributed by atoms with E-state index < -0.39 is 10.0 Å². The highest BCUT2D eigenvalue weighted by Gasteiger charge is 2.24. The number of anilines is 1. The summed E-state index contributed by atoms with van der Waals surface area (Å²) < 4.78 is 28.5. The van der Waals surface area contributed by atoms with Crippen LogP contribution in [0.2, 0.25) is 5.02 Å². The van der Waals surface area contributed by atoms with Crippen LogP contribution in [0, 0.1) is 5.92 Å². The number of halogens is 1. The quantitative estimate of drug-likeness (QED) is 0.597. The topological polar surface area (TPSA) is 62.3 Å². The standard InChI is InChI=1S/C21H22ClN3O2S2/c22-19-8-6-17(7-9-19)18-4-1-5-20(13-18)29(26,27)24-14-16-3-2-11-25(15-16)21-23-10-12-28-21/h1,4-10,12-13,16,24H,2-3,11,14-15H2. The van der Waals surface area contributed by atoms with Gasteiger partial charge in [0.2, 0.25) is 10.0 Å². The monoisotopic (exact) mass is 447 g/mol. The molecule has 152 valence electrons. The van der Waals surface area contributed by atoms with Gasteiger partial charge in [0.15, 0.2) is 5.13 Å². The van der Waals surface area contributed by atoms with Crippen LogP contribution in [0.5, 0.6) is 0 Å². The van der Waals surface area contributed by atoms with Crippen molar-refractivity contribution in [2.24, 2.45) is 5.92 Å². The summed E-state index contributed by atoms with van der Waals surface area (Å²) in [6.07, 6.45) is 3.85. The SMILES string of the molecule is O=S(=O)(NCC1CCCN(c2nccs2)C1)c1cccc(-c2ccc(Cl)cc2)c1. The van der Waals surface area contributed by atoms with Crippen molar-refractivity contribution < 1.29 is 8.42 Å². The molecule has 1 aliphatic heterocycles. The fourth-order valence-corrected chi connectivity index (χ4v) is 5.54. The molecule has 0 bridgehead atoms. The molecule has 0 spiro atoms. The molecule has 8 heteroatoms. The lowest BCUT2D eigenvalue weighted by Gasteiger charge is -2.32. The van der Waals surface area contributed by atoms with Crippen LogP contribution in [-0.2, 0) is 10.0 Å². The van der Waals surface area contributed by atoms with E-state index in [1.165, 1.54) is 0 Å². The molecular weight excluding hydrogens is 426 g/mol. The van der Waals surface area contributed by atoms with Crippen molar-refractivity contribution in [3.8, 4) is 11.1 Å². The Hall–Kier alpha value is -1.93. The number of aromatic nitrogens is 1. The third kappa shape index (κ3) is 4.98. The van der Waals surface area contributed by atoms with E-state index in [2.05, 4.69) is 14.6 Å². The molecule has 1 aliphatic rings. The van der Waals surface area contributed by atoms with Gasteiger partial charge in [0, 0.05) is 36.2 Å². The molecule has 1 fully saturated rings. The van der Waals surface area contributed by atoms with E-state index in [1.807, 2.05) is 23.6 Å². The van der Waals surface area contributed by atoms with Crippen molar-refractivity contribution in [1.29, 1.82) is 0 Å². The summed E-state index contributed by atoms with van der Waals surface area (Å²) in [6, 6.07) is 14.4. The molecule has 1 N–H and O–H groups in total. The van der Waals surface area contributed by atoms with Gasteiger partial charge in [-0.2, -0.15) is 0 Å². The fraction of sp³-hybridized carbons (Fsp3) is 0.286. The number of thiazole rings is 1. The van der Waals surface area contributed by atoms with E-state index >= 15 is 0 Å². The Balaban J connectivity index is 1.43. The third-order valence-electron chi connectivity index (χ3n) is 5.09. The number of benzene rings is 2. The minimum absolute atomic E-state index is 0.266. The maximum absolute atomic E-state index is 12.9. The van der Waals surface area contributed by atoms with Crippen LogP contribution < -0.4 is 9.62 Å². The van der Waals surface area contributed by atoms with Gasteiger partial charge in [0.1, 0.15) is 0 Å². The second kappa shape index (κ2) is 8.83. The Morgan fingerprint density at radius 1 is 1.17 bits per heavy atom. The third-order valence-corrected chi connectivity index (χ3v) is 7.60. The number of piperidine rings is 1. The van der Waals surface area contributed by atoms with Crippen LogP contribution in [0.4, 0.5) is 5.13 Å². The zero-order valence-corrected chi connectivity index (χ0v) is 18.2. The smallest absolute Gasteiger partial charge is 0.240 e. The van der Waals surface area contributed by atoms with E-state index in [0.29, 0.717) is 11.6 Å². The lowest BCUT2D eigenvalue weighted by molar-refractivity contribution is 0.410. The number of nitrogens with one attached hydrogen (secondary N) is 1. The largest absolute Gasteiger partial charge is 0.348 e. The highest BCUT2D eigenvalue weighted by molar-refractivity contribution is 7.89. The molecule has 5 nitrogen and oxygen atoms in total. The van der Waals surface area contributed by atoms with Crippen LogP contribution in [0.1, 0.15) is 12.8 Å². The summed E-state index contributed by atoms with van der Waals surface area (Å²) in [5, 5.41) is 3.63.